The minimum Gasteiger partial charge on any atom is -0.334 e. The number of rotatable bonds is 6. The first-order valence-electron chi connectivity index (χ1n) is 5.69. The molecular weight excluding hydrogens is 240 g/mol. The van der Waals surface area contributed by atoms with Crippen LogP contribution in [0.25, 0.3) is 0 Å². The van der Waals surface area contributed by atoms with E-state index in [1.165, 1.54) is 6.20 Å². The van der Waals surface area contributed by atoms with E-state index in [0.29, 0.717) is 12.4 Å². The van der Waals surface area contributed by atoms with Gasteiger partial charge in [-0.1, -0.05) is 6.92 Å². The molecule has 1 atom stereocenters. The minimum absolute atomic E-state index is 0.0557. The van der Waals surface area contributed by atoms with Crippen LogP contribution in [0.5, 0.6) is 0 Å². The summed E-state index contributed by atoms with van der Waals surface area (Å²) in [6, 6.07) is -0.167. The third-order valence-electron chi connectivity index (χ3n) is 2.63. The first kappa shape index (κ1) is 14.1. The summed E-state index contributed by atoms with van der Waals surface area (Å²) in [6.07, 6.45) is 2.26. The standard InChI is InChI=1S/C10H20N4O2S/c1-4-9(11)6-12-17(15,16)10-7-14(5-2)8(3)13-10/h7,9,12H,4-6,11H2,1-3H3. The first-order valence-corrected chi connectivity index (χ1v) is 7.18. The van der Waals surface area contributed by atoms with Crippen LogP contribution in [0, 0.1) is 6.92 Å². The lowest BCUT2D eigenvalue weighted by molar-refractivity contribution is 0.561. The Balaban J connectivity index is 2.82. The molecule has 0 amide bonds. The molecule has 0 fully saturated rings. The molecule has 7 heteroatoms. The zero-order valence-electron chi connectivity index (χ0n) is 10.5. The molecule has 3 N–H and O–H groups in total. The maximum atomic E-state index is 11.9. The SMILES string of the molecule is CCC(N)CNS(=O)(=O)c1cn(CC)c(C)n1. The van der Waals surface area contributed by atoms with Gasteiger partial charge >= 0.3 is 0 Å². The molecule has 1 rings (SSSR count). The van der Waals surface area contributed by atoms with Gasteiger partial charge < -0.3 is 10.3 Å². The van der Waals surface area contributed by atoms with E-state index >= 15 is 0 Å². The van der Waals surface area contributed by atoms with E-state index in [0.717, 1.165) is 6.42 Å². The summed E-state index contributed by atoms with van der Waals surface area (Å²) in [5.74, 6) is 0.688. The van der Waals surface area contributed by atoms with Crippen molar-refractivity contribution in [1.82, 2.24) is 14.3 Å². The lowest BCUT2D eigenvalue weighted by atomic mass is 10.2. The van der Waals surface area contributed by atoms with Gasteiger partial charge in [0.1, 0.15) is 5.82 Å². The number of imidazole rings is 1. The number of sulfonamides is 1. The lowest BCUT2D eigenvalue weighted by Crippen LogP contribution is -2.36. The van der Waals surface area contributed by atoms with Crippen LogP contribution in [0.3, 0.4) is 0 Å². The van der Waals surface area contributed by atoms with Crippen molar-refractivity contribution in [2.24, 2.45) is 5.73 Å². The Morgan fingerprint density at radius 1 is 1.53 bits per heavy atom. The molecule has 1 aromatic heterocycles. The second-order valence-electron chi connectivity index (χ2n) is 3.93. The Morgan fingerprint density at radius 3 is 2.65 bits per heavy atom. The van der Waals surface area contributed by atoms with Gasteiger partial charge in [0.2, 0.25) is 0 Å². The molecular formula is C10H20N4O2S. The second kappa shape index (κ2) is 5.61. The molecule has 98 valence electrons. The van der Waals surface area contributed by atoms with Crippen molar-refractivity contribution >= 4 is 10.0 Å². The van der Waals surface area contributed by atoms with Crippen molar-refractivity contribution in [2.45, 2.75) is 44.8 Å². The van der Waals surface area contributed by atoms with Crippen molar-refractivity contribution in [1.29, 1.82) is 0 Å². The maximum Gasteiger partial charge on any atom is 0.259 e. The highest BCUT2D eigenvalue weighted by Crippen LogP contribution is 2.08. The van der Waals surface area contributed by atoms with E-state index in [1.54, 1.807) is 11.5 Å². The molecule has 1 aromatic rings. The highest BCUT2D eigenvalue weighted by atomic mass is 32.2. The van der Waals surface area contributed by atoms with Crippen LogP contribution < -0.4 is 10.5 Å². The molecule has 0 saturated carbocycles. The molecule has 1 heterocycles. The molecule has 0 aliphatic rings. The van der Waals surface area contributed by atoms with Gasteiger partial charge in [0, 0.05) is 25.3 Å². The van der Waals surface area contributed by atoms with Gasteiger partial charge in [-0.15, -0.1) is 0 Å². The van der Waals surface area contributed by atoms with E-state index in [9.17, 15) is 8.42 Å². The van der Waals surface area contributed by atoms with Gasteiger partial charge in [0.05, 0.1) is 0 Å². The van der Waals surface area contributed by atoms with Crippen LogP contribution in [0.1, 0.15) is 26.1 Å². The highest BCUT2D eigenvalue weighted by Gasteiger charge is 2.19. The van der Waals surface area contributed by atoms with Crippen LogP contribution in [-0.4, -0.2) is 30.6 Å². The number of nitrogens with two attached hydrogens (primary N) is 1. The Morgan fingerprint density at radius 2 is 2.18 bits per heavy atom. The second-order valence-corrected chi connectivity index (χ2v) is 5.65. The molecule has 1 unspecified atom stereocenters. The van der Waals surface area contributed by atoms with Gasteiger partial charge in [-0.25, -0.2) is 18.1 Å². The minimum atomic E-state index is -3.54. The van der Waals surface area contributed by atoms with Crippen LogP contribution >= 0.6 is 0 Å². The summed E-state index contributed by atoms with van der Waals surface area (Å²) in [5.41, 5.74) is 5.67. The summed E-state index contributed by atoms with van der Waals surface area (Å²) in [6.45, 7) is 6.56. The van der Waals surface area contributed by atoms with Crippen molar-refractivity contribution in [3.05, 3.63) is 12.0 Å². The molecule has 0 aliphatic carbocycles. The Bertz CT molecular complexity index is 467. The Hall–Kier alpha value is -0.920. The fourth-order valence-electron chi connectivity index (χ4n) is 1.36. The van der Waals surface area contributed by atoms with Gasteiger partial charge in [0.25, 0.3) is 10.0 Å². The summed E-state index contributed by atoms with van der Waals surface area (Å²) >= 11 is 0. The number of aryl methyl sites for hydroxylation is 2. The Labute approximate surface area is 102 Å². The van der Waals surface area contributed by atoms with Gasteiger partial charge in [-0.2, -0.15) is 0 Å². The highest BCUT2D eigenvalue weighted by molar-refractivity contribution is 7.89. The Kier molecular flexibility index (Phi) is 4.67. The fourth-order valence-corrected chi connectivity index (χ4v) is 2.46. The van der Waals surface area contributed by atoms with Gasteiger partial charge in [-0.05, 0) is 20.3 Å². The monoisotopic (exact) mass is 260 g/mol. The van der Waals surface area contributed by atoms with Crippen LogP contribution in [0.4, 0.5) is 0 Å². The average Bonchev–Trinajstić information content (AvgIpc) is 2.68. The van der Waals surface area contributed by atoms with Crippen LogP contribution in [0.2, 0.25) is 0 Å². The van der Waals surface area contributed by atoms with Crippen molar-refractivity contribution < 1.29 is 8.42 Å². The predicted octanol–water partition coefficient (Wildman–Crippen LogP) is 0.227. The maximum absolute atomic E-state index is 11.9. The summed E-state index contributed by atoms with van der Waals surface area (Å²) < 4.78 is 28.0. The van der Waals surface area contributed by atoms with E-state index in [-0.39, 0.29) is 17.6 Å². The summed E-state index contributed by atoms with van der Waals surface area (Å²) in [7, 11) is -3.54. The quantitative estimate of drug-likeness (QED) is 0.766. The summed E-state index contributed by atoms with van der Waals surface area (Å²) in [5, 5.41) is 0.0557. The van der Waals surface area contributed by atoms with Crippen molar-refractivity contribution in [2.75, 3.05) is 6.54 Å². The zero-order valence-corrected chi connectivity index (χ0v) is 11.3. The van der Waals surface area contributed by atoms with Gasteiger partial charge in [-0.3, -0.25) is 0 Å². The zero-order chi connectivity index (χ0) is 13.1. The summed E-state index contributed by atoms with van der Waals surface area (Å²) in [4.78, 5) is 4.03. The average molecular weight is 260 g/mol. The predicted molar refractivity (Wildman–Crippen MR) is 66.1 cm³/mol. The molecule has 0 saturated heterocycles. The number of aromatic nitrogens is 2. The van der Waals surface area contributed by atoms with Crippen molar-refractivity contribution in [3.63, 3.8) is 0 Å². The van der Waals surface area contributed by atoms with Crippen LogP contribution in [0.15, 0.2) is 11.2 Å². The fraction of sp³-hybridized carbons (Fsp3) is 0.700. The number of nitrogens with one attached hydrogen (secondary N) is 1. The topological polar surface area (TPSA) is 90.0 Å². The molecule has 0 bridgehead atoms. The lowest BCUT2D eigenvalue weighted by Gasteiger charge is -2.09. The molecule has 0 radical (unpaired) electrons. The first-order chi connectivity index (χ1) is 7.90. The van der Waals surface area contributed by atoms with E-state index in [1.807, 2.05) is 13.8 Å². The largest absolute Gasteiger partial charge is 0.334 e. The number of hydrogen-bond donors (Lipinski definition) is 2. The van der Waals surface area contributed by atoms with Gasteiger partial charge in [0.15, 0.2) is 5.03 Å². The normalized spacial score (nSPS) is 13.9. The number of hydrogen-bond acceptors (Lipinski definition) is 4. The van der Waals surface area contributed by atoms with Crippen LogP contribution in [-0.2, 0) is 16.6 Å². The molecule has 6 nitrogen and oxygen atoms in total. The third kappa shape index (κ3) is 3.52. The van der Waals surface area contributed by atoms with Crippen molar-refractivity contribution in [3.8, 4) is 0 Å². The smallest absolute Gasteiger partial charge is 0.259 e. The van der Waals surface area contributed by atoms with E-state index in [2.05, 4.69) is 9.71 Å². The van der Waals surface area contributed by atoms with E-state index < -0.39 is 10.0 Å². The molecule has 17 heavy (non-hydrogen) atoms. The molecule has 0 aromatic carbocycles. The molecule has 0 spiro atoms. The third-order valence-corrected chi connectivity index (χ3v) is 3.92. The molecule has 0 aliphatic heterocycles. The van der Waals surface area contributed by atoms with E-state index in [4.69, 9.17) is 5.73 Å². The number of nitrogens with zero attached hydrogens (tertiary/aromatic N) is 2.